The zero-order valence-electron chi connectivity index (χ0n) is 11.3. The standard InChI is InChI=1S/C15H18N2O3/c16-15(4-1-5-15)7-13(18)17-8-11-3-2-10(14(19)20)6-12(11)9-17/h2-3,6H,1,4-5,7-9,16H2,(H,19,20). The molecule has 20 heavy (non-hydrogen) atoms. The molecule has 0 aromatic heterocycles. The predicted molar refractivity (Wildman–Crippen MR) is 73.0 cm³/mol. The molecule has 1 aliphatic carbocycles. The molecule has 1 heterocycles. The first-order valence-corrected chi connectivity index (χ1v) is 6.89. The summed E-state index contributed by atoms with van der Waals surface area (Å²) in [5.41, 5.74) is 8.04. The number of carbonyl (C=O) groups is 2. The predicted octanol–water partition coefficient (Wildman–Crippen LogP) is 1.50. The van der Waals surface area contributed by atoms with Crippen molar-refractivity contribution in [1.29, 1.82) is 0 Å². The average molecular weight is 274 g/mol. The van der Waals surface area contributed by atoms with Crippen LogP contribution in [0.1, 0.15) is 47.2 Å². The lowest BCUT2D eigenvalue weighted by Crippen LogP contribution is -2.50. The zero-order valence-corrected chi connectivity index (χ0v) is 11.3. The van der Waals surface area contributed by atoms with Crippen molar-refractivity contribution in [3.63, 3.8) is 0 Å². The van der Waals surface area contributed by atoms with E-state index in [1.165, 1.54) is 0 Å². The molecular formula is C15H18N2O3. The average Bonchev–Trinajstić information content (AvgIpc) is 2.79. The molecule has 1 aliphatic heterocycles. The van der Waals surface area contributed by atoms with Gasteiger partial charge in [-0.2, -0.15) is 0 Å². The molecule has 5 heteroatoms. The number of amides is 1. The molecule has 3 rings (SSSR count). The molecule has 0 atom stereocenters. The van der Waals surface area contributed by atoms with Crippen LogP contribution >= 0.6 is 0 Å². The number of carboxylic acids is 1. The Hall–Kier alpha value is -1.88. The van der Waals surface area contributed by atoms with Crippen molar-refractivity contribution in [3.8, 4) is 0 Å². The Morgan fingerprint density at radius 1 is 1.25 bits per heavy atom. The summed E-state index contributed by atoms with van der Waals surface area (Å²) < 4.78 is 0. The maximum atomic E-state index is 12.3. The molecule has 0 bridgehead atoms. The minimum Gasteiger partial charge on any atom is -0.478 e. The van der Waals surface area contributed by atoms with Gasteiger partial charge in [0, 0.05) is 25.0 Å². The summed E-state index contributed by atoms with van der Waals surface area (Å²) >= 11 is 0. The molecule has 0 radical (unpaired) electrons. The third-order valence-electron chi connectivity index (χ3n) is 4.38. The number of hydrogen-bond donors (Lipinski definition) is 2. The molecule has 1 saturated carbocycles. The van der Waals surface area contributed by atoms with Crippen LogP contribution in [0.15, 0.2) is 18.2 Å². The summed E-state index contributed by atoms with van der Waals surface area (Å²) in [7, 11) is 0. The number of rotatable bonds is 3. The van der Waals surface area contributed by atoms with Gasteiger partial charge < -0.3 is 15.7 Å². The minimum atomic E-state index is -0.937. The molecule has 1 aromatic rings. The van der Waals surface area contributed by atoms with Crippen LogP contribution in [0, 0.1) is 0 Å². The van der Waals surface area contributed by atoms with E-state index in [4.69, 9.17) is 10.8 Å². The lowest BCUT2D eigenvalue weighted by molar-refractivity contribution is -0.133. The van der Waals surface area contributed by atoms with E-state index in [0.29, 0.717) is 19.5 Å². The van der Waals surface area contributed by atoms with Crippen molar-refractivity contribution >= 4 is 11.9 Å². The maximum absolute atomic E-state index is 12.3. The highest BCUT2D eigenvalue weighted by Crippen LogP contribution is 2.34. The van der Waals surface area contributed by atoms with Crippen LogP contribution in [0.3, 0.4) is 0 Å². The van der Waals surface area contributed by atoms with Gasteiger partial charge in [0.2, 0.25) is 5.91 Å². The second kappa shape index (κ2) is 4.59. The van der Waals surface area contributed by atoms with Gasteiger partial charge in [-0.05, 0) is 42.5 Å². The molecule has 0 saturated heterocycles. The van der Waals surface area contributed by atoms with E-state index < -0.39 is 5.97 Å². The molecule has 5 nitrogen and oxygen atoms in total. The van der Waals surface area contributed by atoms with Crippen LogP contribution < -0.4 is 5.73 Å². The summed E-state index contributed by atoms with van der Waals surface area (Å²) in [6.07, 6.45) is 3.34. The van der Waals surface area contributed by atoms with E-state index in [-0.39, 0.29) is 17.0 Å². The summed E-state index contributed by atoms with van der Waals surface area (Å²) in [6, 6.07) is 5.05. The topological polar surface area (TPSA) is 83.6 Å². The lowest BCUT2D eigenvalue weighted by Gasteiger charge is -2.38. The Bertz CT molecular complexity index is 578. The molecule has 2 aliphatic rings. The first-order valence-electron chi connectivity index (χ1n) is 6.89. The lowest BCUT2D eigenvalue weighted by atomic mass is 9.75. The molecule has 3 N–H and O–H groups in total. The maximum Gasteiger partial charge on any atom is 0.335 e. The van der Waals surface area contributed by atoms with Crippen molar-refractivity contribution in [1.82, 2.24) is 4.90 Å². The Labute approximate surface area is 117 Å². The number of nitrogens with two attached hydrogens (primary N) is 1. The number of carbonyl (C=O) groups excluding carboxylic acids is 1. The van der Waals surface area contributed by atoms with Crippen LogP contribution in [0.4, 0.5) is 0 Å². The van der Waals surface area contributed by atoms with Crippen LogP contribution in [0.25, 0.3) is 0 Å². The van der Waals surface area contributed by atoms with Crippen molar-refractivity contribution in [2.45, 2.75) is 44.3 Å². The summed E-state index contributed by atoms with van der Waals surface area (Å²) in [5, 5.41) is 8.99. The van der Waals surface area contributed by atoms with Gasteiger partial charge in [-0.1, -0.05) is 6.07 Å². The van der Waals surface area contributed by atoms with Crippen molar-refractivity contribution < 1.29 is 14.7 Å². The molecule has 1 amide bonds. The molecular weight excluding hydrogens is 256 g/mol. The second-order valence-electron chi connectivity index (χ2n) is 5.93. The monoisotopic (exact) mass is 274 g/mol. The van der Waals surface area contributed by atoms with Gasteiger partial charge in [-0.25, -0.2) is 4.79 Å². The quantitative estimate of drug-likeness (QED) is 0.875. The Morgan fingerprint density at radius 2 is 1.95 bits per heavy atom. The van der Waals surface area contributed by atoms with Crippen LogP contribution in [-0.2, 0) is 17.9 Å². The van der Waals surface area contributed by atoms with Crippen molar-refractivity contribution in [2.24, 2.45) is 5.73 Å². The largest absolute Gasteiger partial charge is 0.478 e. The molecule has 0 spiro atoms. The van der Waals surface area contributed by atoms with E-state index in [1.807, 2.05) is 0 Å². The number of fused-ring (bicyclic) bond motifs is 1. The number of benzene rings is 1. The van der Waals surface area contributed by atoms with Gasteiger partial charge >= 0.3 is 5.97 Å². The molecule has 1 aromatic carbocycles. The van der Waals surface area contributed by atoms with E-state index in [9.17, 15) is 9.59 Å². The van der Waals surface area contributed by atoms with E-state index in [2.05, 4.69) is 0 Å². The van der Waals surface area contributed by atoms with Gasteiger partial charge in [-0.3, -0.25) is 4.79 Å². The number of nitrogens with zero attached hydrogens (tertiary/aromatic N) is 1. The van der Waals surface area contributed by atoms with E-state index >= 15 is 0 Å². The second-order valence-corrected chi connectivity index (χ2v) is 5.93. The Balaban J connectivity index is 1.70. The van der Waals surface area contributed by atoms with E-state index in [1.54, 1.807) is 23.1 Å². The highest BCUT2D eigenvalue weighted by Gasteiger charge is 2.37. The Morgan fingerprint density at radius 3 is 2.55 bits per heavy atom. The third kappa shape index (κ3) is 2.29. The van der Waals surface area contributed by atoms with Gasteiger partial charge in [0.25, 0.3) is 0 Å². The number of hydrogen-bond acceptors (Lipinski definition) is 3. The Kier molecular flexibility index (Phi) is 3.01. The first kappa shape index (κ1) is 13.1. The SMILES string of the molecule is NC1(CC(=O)N2Cc3ccc(C(=O)O)cc3C2)CCC1. The van der Waals surface area contributed by atoms with Gasteiger partial charge in [-0.15, -0.1) is 0 Å². The highest BCUT2D eigenvalue weighted by atomic mass is 16.4. The number of carboxylic acid groups (broad SMARTS) is 1. The van der Waals surface area contributed by atoms with Crippen LogP contribution in [0.5, 0.6) is 0 Å². The van der Waals surface area contributed by atoms with Crippen LogP contribution in [0.2, 0.25) is 0 Å². The minimum absolute atomic E-state index is 0.0697. The summed E-state index contributed by atoms with van der Waals surface area (Å²) in [4.78, 5) is 25.0. The molecule has 0 unspecified atom stereocenters. The summed E-state index contributed by atoms with van der Waals surface area (Å²) in [6.45, 7) is 1.05. The number of aromatic carboxylic acids is 1. The first-order chi connectivity index (χ1) is 9.47. The molecule has 1 fully saturated rings. The fraction of sp³-hybridized carbons (Fsp3) is 0.467. The fourth-order valence-electron chi connectivity index (χ4n) is 2.92. The van der Waals surface area contributed by atoms with Crippen LogP contribution in [-0.4, -0.2) is 27.4 Å². The van der Waals surface area contributed by atoms with E-state index in [0.717, 1.165) is 30.4 Å². The van der Waals surface area contributed by atoms with Gasteiger partial charge in [0.05, 0.1) is 5.56 Å². The van der Waals surface area contributed by atoms with Crippen molar-refractivity contribution in [2.75, 3.05) is 0 Å². The fourth-order valence-corrected chi connectivity index (χ4v) is 2.92. The van der Waals surface area contributed by atoms with Gasteiger partial charge in [0.1, 0.15) is 0 Å². The van der Waals surface area contributed by atoms with Crippen molar-refractivity contribution in [3.05, 3.63) is 34.9 Å². The summed E-state index contributed by atoms with van der Waals surface area (Å²) in [5.74, 6) is -0.867. The molecule has 106 valence electrons. The smallest absolute Gasteiger partial charge is 0.335 e. The third-order valence-corrected chi connectivity index (χ3v) is 4.38. The highest BCUT2D eigenvalue weighted by molar-refractivity contribution is 5.88. The normalized spacial score (nSPS) is 19.4. The van der Waals surface area contributed by atoms with Gasteiger partial charge in [0.15, 0.2) is 0 Å². The zero-order chi connectivity index (χ0) is 14.3.